The molecule has 1 fully saturated rings. The molecule has 0 radical (unpaired) electrons. The molecule has 4 aromatic rings. The van der Waals surface area contributed by atoms with E-state index in [1.807, 2.05) is 49.4 Å². The van der Waals surface area contributed by atoms with Crippen LogP contribution < -0.4 is 4.72 Å². The maximum absolute atomic E-state index is 12.4. The highest BCUT2D eigenvalue weighted by Gasteiger charge is 2.20. The number of hydrogen-bond acceptors (Lipinski definition) is 5. The third-order valence-corrected chi connectivity index (χ3v) is 8.58. The second-order valence-electron chi connectivity index (χ2n) is 10.2. The lowest BCUT2D eigenvalue weighted by molar-refractivity contribution is 0.277. The molecular formula is C31H36N4O3S. The highest BCUT2D eigenvalue weighted by atomic mass is 32.2. The molecule has 0 aliphatic carbocycles. The largest absolute Gasteiger partial charge is 0.494 e. The summed E-state index contributed by atoms with van der Waals surface area (Å²) in [5.41, 5.74) is 5.16. The summed E-state index contributed by atoms with van der Waals surface area (Å²) in [6.45, 7) is 5.06. The second-order valence-corrected chi connectivity index (χ2v) is 12.1. The average molecular weight is 545 g/mol. The third kappa shape index (κ3) is 6.69. The summed E-state index contributed by atoms with van der Waals surface area (Å²) < 4.78 is 27.4. The van der Waals surface area contributed by atoms with Crippen LogP contribution in [0, 0.1) is 0 Å². The van der Waals surface area contributed by atoms with Crippen LogP contribution in [0.5, 0.6) is 5.88 Å². The van der Waals surface area contributed by atoms with Crippen LogP contribution in [-0.4, -0.2) is 48.0 Å². The lowest BCUT2D eigenvalue weighted by atomic mass is 10.0. The van der Waals surface area contributed by atoms with Gasteiger partial charge in [0, 0.05) is 28.7 Å². The van der Waals surface area contributed by atoms with Crippen molar-refractivity contribution in [2.45, 2.75) is 45.6 Å². The first-order chi connectivity index (χ1) is 18.9. The molecule has 1 saturated heterocycles. The summed E-state index contributed by atoms with van der Waals surface area (Å²) in [6, 6.07) is 23.2. The van der Waals surface area contributed by atoms with Gasteiger partial charge < -0.3 is 10.1 Å². The predicted octanol–water partition coefficient (Wildman–Crippen LogP) is 6.57. The Morgan fingerprint density at radius 3 is 2.38 bits per heavy atom. The van der Waals surface area contributed by atoms with Crippen molar-refractivity contribution < 1.29 is 13.5 Å². The monoisotopic (exact) mass is 544 g/mol. The Balaban J connectivity index is 1.52. The molecule has 0 unspecified atom stereocenters. The number of aromatic hydroxyl groups is 1. The number of benzene rings is 3. The Hall–Kier alpha value is -3.62. The Morgan fingerprint density at radius 2 is 1.69 bits per heavy atom. The molecular weight excluding hydrogens is 508 g/mol. The maximum Gasteiger partial charge on any atom is 0.232 e. The van der Waals surface area contributed by atoms with E-state index in [0.29, 0.717) is 34.3 Å². The van der Waals surface area contributed by atoms with E-state index in [1.165, 1.54) is 31.2 Å². The average Bonchev–Trinajstić information content (AvgIpc) is 3.06. The van der Waals surface area contributed by atoms with Crippen LogP contribution in [0.4, 0.5) is 11.4 Å². The molecule has 1 aromatic heterocycles. The second kappa shape index (κ2) is 12.1. The molecule has 5 rings (SSSR count). The van der Waals surface area contributed by atoms with Crippen LogP contribution in [0.2, 0.25) is 0 Å². The summed E-state index contributed by atoms with van der Waals surface area (Å²) in [5, 5.41) is 11.7. The first-order valence-corrected chi connectivity index (χ1v) is 15.4. The number of aromatic nitrogens is 1. The first kappa shape index (κ1) is 27.0. The molecule has 1 aliphatic heterocycles. The minimum Gasteiger partial charge on any atom is -0.494 e. The van der Waals surface area contributed by atoms with Crippen molar-refractivity contribution >= 4 is 38.0 Å². The molecule has 0 amide bonds. The van der Waals surface area contributed by atoms with E-state index < -0.39 is 10.0 Å². The standard InChI is InChI=1S/C31H36N4O3S/c1-2-20-39(37,38)34-26-16-17-28-27(21-26)29(31(36)33-28)30(24-10-6-5-7-11-24)32-25-14-12-23(13-15-25)22-35-18-8-3-4-9-19-35/h5-7,10-17,21,33-34,36H,2-4,8-9,18-20,22H2,1H3. The third-order valence-electron chi connectivity index (χ3n) is 7.09. The van der Waals surface area contributed by atoms with Crippen molar-refractivity contribution in [3.8, 4) is 5.88 Å². The fourth-order valence-corrected chi connectivity index (χ4v) is 6.32. The number of nitrogens with zero attached hydrogens (tertiary/aromatic N) is 2. The zero-order chi connectivity index (χ0) is 27.2. The molecule has 3 aromatic carbocycles. The number of rotatable bonds is 9. The Bertz CT molecular complexity index is 1540. The minimum atomic E-state index is -3.45. The number of nitrogens with one attached hydrogen (secondary N) is 2. The van der Waals surface area contributed by atoms with E-state index >= 15 is 0 Å². The van der Waals surface area contributed by atoms with Crippen LogP contribution in [0.25, 0.3) is 10.9 Å². The number of likely N-dealkylation sites (tertiary alicyclic amines) is 1. The summed E-state index contributed by atoms with van der Waals surface area (Å²) >= 11 is 0. The zero-order valence-electron chi connectivity index (χ0n) is 22.4. The molecule has 7 nitrogen and oxygen atoms in total. The topological polar surface area (TPSA) is 97.8 Å². The predicted molar refractivity (Wildman–Crippen MR) is 160 cm³/mol. The molecule has 0 saturated carbocycles. The fourth-order valence-electron chi connectivity index (χ4n) is 5.20. The SMILES string of the molecule is CCCS(=O)(=O)Nc1ccc2[nH]c(O)c(C(=Nc3ccc(CN4CCCCCC4)cc3)c3ccccc3)c2c1. The molecule has 0 atom stereocenters. The number of H-pyrrole nitrogens is 1. The van der Waals surface area contributed by atoms with E-state index in [1.54, 1.807) is 18.2 Å². The molecule has 0 spiro atoms. The van der Waals surface area contributed by atoms with Crippen LogP contribution in [0.3, 0.4) is 0 Å². The lowest BCUT2D eigenvalue weighted by Gasteiger charge is -2.19. The van der Waals surface area contributed by atoms with Crippen molar-refractivity contribution in [1.29, 1.82) is 0 Å². The summed E-state index contributed by atoms with van der Waals surface area (Å²) in [7, 11) is -3.45. The van der Waals surface area contributed by atoms with E-state index in [0.717, 1.165) is 30.9 Å². The Morgan fingerprint density at radius 1 is 0.974 bits per heavy atom. The highest BCUT2D eigenvalue weighted by Crippen LogP contribution is 2.33. The number of aliphatic imine (C=N–C) groups is 1. The van der Waals surface area contributed by atoms with Gasteiger partial charge in [-0.15, -0.1) is 0 Å². The molecule has 1 aliphatic rings. The van der Waals surface area contributed by atoms with Crippen molar-refractivity contribution in [2.24, 2.45) is 4.99 Å². The van der Waals surface area contributed by atoms with E-state index in [-0.39, 0.29) is 11.6 Å². The van der Waals surface area contributed by atoms with Gasteiger partial charge in [-0.05, 0) is 68.2 Å². The molecule has 0 bridgehead atoms. The number of sulfonamides is 1. The Labute approximate surface area is 230 Å². The van der Waals surface area contributed by atoms with Gasteiger partial charge >= 0.3 is 0 Å². The van der Waals surface area contributed by atoms with Crippen LogP contribution in [-0.2, 0) is 16.6 Å². The summed E-state index contributed by atoms with van der Waals surface area (Å²) in [4.78, 5) is 10.6. The van der Waals surface area contributed by atoms with Gasteiger partial charge in [0.05, 0.1) is 22.7 Å². The molecule has 204 valence electrons. The molecule has 3 N–H and O–H groups in total. The lowest BCUT2D eigenvalue weighted by Crippen LogP contribution is -2.23. The highest BCUT2D eigenvalue weighted by molar-refractivity contribution is 7.92. The summed E-state index contributed by atoms with van der Waals surface area (Å²) in [5.74, 6) is 0.0276. The maximum atomic E-state index is 12.4. The van der Waals surface area contributed by atoms with E-state index in [2.05, 4.69) is 26.7 Å². The van der Waals surface area contributed by atoms with Gasteiger partial charge in [0.2, 0.25) is 10.0 Å². The normalized spacial score (nSPS) is 15.4. The van der Waals surface area contributed by atoms with E-state index in [9.17, 15) is 13.5 Å². The van der Waals surface area contributed by atoms with Gasteiger partial charge in [-0.1, -0.05) is 62.2 Å². The number of aromatic amines is 1. The zero-order valence-corrected chi connectivity index (χ0v) is 23.2. The smallest absolute Gasteiger partial charge is 0.232 e. The van der Waals surface area contributed by atoms with Crippen molar-refractivity contribution in [2.75, 3.05) is 23.6 Å². The van der Waals surface area contributed by atoms with Crippen LogP contribution in [0.15, 0.2) is 77.8 Å². The van der Waals surface area contributed by atoms with Crippen molar-refractivity contribution in [3.05, 3.63) is 89.5 Å². The van der Waals surface area contributed by atoms with Crippen LogP contribution >= 0.6 is 0 Å². The van der Waals surface area contributed by atoms with Crippen molar-refractivity contribution in [1.82, 2.24) is 9.88 Å². The molecule has 2 heterocycles. The van der Waals surface area contributed by atoms with Gasteiger partial charge in [0.1, 0.15) is 0 Å². The Kier molecular flexibility index (Phi) is 8.33. The van der Waals surface area contributed by atoms with Gasteiger partial charge in [-0.3, -0.25) is 9.62 Å². The van der Waals surface area contributed by atoms with E-state index in [4.69, 9.17) is 4.99 Å². The molecule has 8 heteroatoms. The van der Waals surface area contributed by atoms with Crippen LogP contribution in [0.1, 0.15) is 55.7 Å². The van der Waals surface area contributed by atoms with Gasteiger partial charge in [0.15, 0.2) is 5.88 Å². The number of anilines is 1. The number of hydrogen-bond donors (Lipinski definition) is 3. The first-order valence-electron chi connectivity index (χ1n) is 13.7. The van der Waals surface area contributed by atoms with Crippen molar-refractivity contribution in [3.63, 3.8) is 0 Å². The number of fused-ring (bicyclic) bond motifs is 1. The quantitative estimate of drug-likeness (QED) is 0.208. The van der Waals surface area contributed by atoms with Gasteiger partial charge in [0.25, 0.3) is 0 Å². The van der Waals surface area contributed by atoms with Gasteiger partial charge in [-0.25, -0.2) is 13.4 Å². The molecule has 39 heavy (non-hydrogen) atoms. The summed E-state index contributed by atoms with van der Waals surface area (Å²) in [6.07, 6.45) is 5.69. The minimum absolute atomic E-state index is 0.0149. The fraction of sp³-hybridized carbons (Fsp3) is 0.323. The van der Waals surface area contributed by atoms with Gasteiger partial charge in [-0.2, -0.15) is 0 Å².